The number of nitrogen functional groups attached to an aromatic ring is 1. The number of nitrogens with two attached hydrogens (primary N) is 1. The van der Waals surface area contributed by atoms with Gasteiger partial charge in [-0.15, -0.1) is 0 Å². The van der Waals surface area contributed by atoms with E-state index in [9.17, 15) is 23.5 Å². The van der Waals surface area contributed by atoms with Crippen molar-refractivity contribution in [2.75, 3.05) is 5.73 Å². The standard InChI is InChI=1S/C32H24F2N8O3/c1-16-12-24(41-11-3-10-37-41)39-31-27(16)40-30(21-4-2-9-36-29(21)35)42(31)19-6-7-20-17(13-19)5-8-23(20)38-32(45)22-14-18(15-43)28(44)26(34)25(22)33/h2-4,6-7,9-15,23,44H,5,8H2,1H3,(H2,35,36)(H,38,45)/t23-/m0/s1. The fraction of sp³-hybridized carbons (Fsp3) is 0.125. The predicted octanol–water partition coefficient (Wildman–Crippen LogP) is 4.77. The van der Waals surface area contributed by atoms with E-state index in [1.54, 1.807) is 29.3 Å². The molecular formula is C32H24F2N8O3. The van der Waals surface area contributed by atoms with Crippen LogP contribution in [0.5, 0.6) is 5.75 Å². The monoisotopic (exact) mass is 606 g/mol. The Morgan fingerprint density at radius 2 is 1.96 bits per heavy atom. The number of aldehydes is 1. The number of pyridine rings is 2. The summed E-state index contributed by atoms with van der Waals surface area (Å²) in [6.45, 7) is 1.95. The van der Waals surface area contributed by atoms with Crippen LogP contribution >= 0.6 is 0 Å². The number of hydrogen-bond donors (Lipinski definition) is 3. The van der Waals surface area contributed by atoms with Gasteiger partial charge in [0, 0.05) is 24.3 Å². The van der Waals surface area contributed by atoms with Crippen molar-refractivity contribution >= 4 is 29.2 Å². The summed E-state index contributed by atoms with van der Waals surface area (Å²) in [4.78, 5) is 38.3. The summed E-state index contributed by atoms with van der Waals surface area (Å²) >= 11 is 0. The molecule has 0 bridgehead atoms. The maximum Gasteiger partial charge on any atom is 0.254 e. The summed E-state index contributed by atoms with van der Waals surface area (Å²) in [5.74, 6) is -3.78. The Balaban J connectivity index is 1.31. The number of aromatic hydroxyl groups is 1. The first-order chi connectivity index (χ1) is 21.7. The van der Waals surface area contributed by atoms with Crippen LogP contribution in [-0.2, 0) is 6.42 Å². The average molecular weight is 607 g/mol. The van der Waals surface area contributed by atoms with Gasteiger partial charge in [-0.25, -0.2) is 24.0 Å². The fourth-order valence-corrected chi connectivity index (χ4v) is 5.76. The van der Waals surface area contributed by atoms with Crippen LogP contribution in [0.25, 0.3) is 34.1 Å². The molecule has 4 heterocycles. The summed E-state index contributed by atoms with van der Waals surface area (Å²) in [7, 11) is 0. The average Bonchev–Trinajstić information content (AvgIpc) is 3.80. The van der Waals surface area contributed by atoms with Crippen molar-refractivity contribution in [1.82, 2.24) is 34.6 Å². The largest absolute Gasteiger partial charge is 0.504 e. The Labute approximate surface area is 254 Å². The number of aromatic nitrogens is 6. The van der Waals surface area contributed by atoms with Crippen LogP contribution in [0.15, 0.2) is 67.1 Å². The second kappa shape index (κ2) is 10.6. The number of carbonyl (C=O) groups is 2. The molecule has 7 rings (SSSR count). The van der Waals surface area contributed by atoms with Gasteiger partial charge in [0.1, 0.15) is 11.3 Å². The second-order valence-corrected chi connectivity index (χ2v) is 10.7. The van der Waals surface area contributed by atoms with E-state index >= 15 is 0 Å². The molecule has 6 aromatic rings. The molecule has 1 aliphatic carbocycles. The Bertz CT molecular complexity index is 2160. The number of rotatable bonds is 6. The number of aryl methyl sites for hydroxylation is 2. The molecule has 0 saturated heterocycles. The summed E-state index contributed by atoms with van der Waals surface area (Å²) < 4.78 is 32.3. The lowest BCUT2D eigenvalue weighted by molar-refractivity contribution is 0.0931. The van der Waals surface area contributed by atoms with Crippen molar-refractivity contribution in [3.63, 3.8) is 0 Å². The van der Waals surface area contributed by atoms with Crippen LogP contribution in [0.1, 0.15) is 49.9 Å². The summed E-state index contributed by atoms with van der Waals surface area (Å²) in [6.07, 6.45) is 6.32. The first-order valence-electron chi connectivity index (χ1n) is 14.0. The van der Waals surface area contributed by atoms with E-state index in [4.69, 9.17) is 15.7 Å². The highest BCUT2D eigenvalue weighted by atomic mass is 19.2. The molecule has 224 valence electrons. The van der Waals surface area contributed by atoms with E-state index in [1.807, 2.05) is 47.9 Å². The molecule has 1 aliphatic rings. The lowest BCUT2D eigenvalue weighted by Crippen LogP contribution is -2.28. The zero-order chi connectivity index (χ0) is 31.4. The van der Waals surface area contributed by atoms with Crippen LogP contribution in [0.3, 0.4) is 0 Å². The Morgan fingerprint density at radius 3 is 2.71 bits per heavy atom. The minimum atomic E-state index is -1.65. The van der Waals surface area contributed by atoms with Crippen molar-refractivity contribution in [2.45, 2.75) is 25.8 Å². The number of phenols is 1. The zero-order valence-corrected chi connectivity index (χ0v) is 23.7. The second-order valence-electron chi connectivity index (χ2n) is 10.7. The van der Waals surface area contributed by atoms with Gasteiger partial charge in [0.15, 0.2) is 35.1 Å². The number of hydrogen-bond acceptors (Lipinski definition) is 8. The Hall–Kier alpha value is -5.98. The van der Waals surface area contributed by atoms with E-state index in [-0.39, 0.29) is 6.29 Å². The fourth-order valence-electron chi connectivity index (χ4n) is 5.76. The highest BCUT2D eigenvalue weighted by molar-refractivity contribution is 5.97. The molecule has 0 saturated carbocycles. The number of amides is 1. The van der Waals surface area contributed by atoms with Crippen molar-refractivity contribution < 1.29 is 23.5 Å². The van der Waals surface area contributed by atoms with Gasteiger partial charge in [-0.2, -0.15) is 9.49 Å². The maximum atomic E-state index is 14.5. The number of carbonyl (C=O) groups excluding carboxylic acids is 2. The van der Waals surface area contributed by atoms with Gasteiger partial charge in [-0.05, 0) is 78.9 Å². The molecule has 0 fully saturated rings. The van der Waals surface area contributed by atoms with Crippen molar-refractivity contribution in [1.29, 1.82) is 0 Å². The van der Waals surface area contributed by atoms with Crippen molar-refractivity contribution in [2.24, 2.45) is 0 Å². The molecule has 11 nitrogen and oxygen atoms in total. The molecular weight excluding hydrogens is 582 g/mol. The molecule has 1 atom stereocenters. The van der Waals surface area contributed by atoms with Gasteiger partial charge in [0.25, 0.3) is 5.91 Å². The Kier molecular flexibility index (Phi) is 6.57. The molecule has 2 aromatic carbocycles. The lowest BCUT2D eigenvalue weighted by Gasteiger charge is -2.16. The van der Waals surface area contributed by atoms with Gasteiger partial charge in [0.2, 0.25) is 5.82 Å². The SMILES string of the molecule is Cc1cc(-n2cccn2)nc2c1nc(-c1cccnc1N)n2-c1ccc2c(c1)CC[C@@H]2NC(=O)c1cc(C=O)c(O)c(F)c1F. The number of nitrogens with zero attached hydrogens (tertiary/aromatic N) is 6. The molecule has 4 aromatic heterocycles. The Morgan fingerprint density at radius 1 is 1.11 bits per heavy atom. The van der Waals surface area contributed by atoms with E-state index < -0.39 is 40.5 Å². The van der Waals surface area contributed by atoms with Gasteiger partial charge >= 0.3 is 0 Å². The summed E-state index contributed by atoms with van der Waals surface area (Å²) in [5, 5.41) is 16.7. The molecule has 0 radical (unpaired) electrons. The van der Waals surface area contributed by atoms with Gasteiger partial charge in [-0.1, -0.05) is 6.07 Å². The maximum absolute atomic E-state index is 14.5. The third kappa shape index (κ3) is 4.56. The van der Waals surface area contributed by atoms with Crippen LogP contribution in [0.4, 0.5) is 14.6 Å². The van der Waals surface area contributed by atoms with Gasteiger partial charge in [0.05, 0.1) is 22.7 Å². The number of nitrogens with one attached hydrogen (secondary N) is 1. The minimum absolute atomic E-state index is 0.155. The van der Waals surface area contributed by atoms with E-state index in [1.165, 1.54) is 0 Å². The highest BCUT2D eigenvalue weighted by Gasteiger charge is 2.29. The third-order valence-corrected chi connectivity index (χ3v) is 7.96. The number of fused-ring (bicyclic) bond motifs is 2. The van der Waals surface area contributed by atoms with Crippen molar-refractivity contribution in [3.05, 3.63) is 107 Å². The third-order valence-electron chi connectivity index (χ3n) is 7.96. The van der Waals surface area contributed by atoms with Crippen molar-refractivity contribution in [3.8, 4) is 28.6 Å². The van der Waals surface area contributed by atoms with E-state index in [0.29, 0.717) is 47.0 Å². The van der Waals surface area contributed by atoms with E-state index in [0.717, 1.165) is 28.4 Å². The molecule has 0 unspecified atom stereocenters. The molecule has 45 heavy (non-hydrogen) atoms. The zero-order valence-electron chi connectivity index (χ0n) is 23.7. The number of phenolic OH excluding ortho intramolecular Hbond substituents is 1. The quantitative estimate of drug-likeness (QED) is 0.229. The molecule has 13 heteroatoms. The normalized spacial score (nSPS) is 14.1. The smallest absolute Gasteiger partial charge is 0.254 e. The molecule has 0 spiro atoms. The number of benzene rings is 2. The van der Waals surface area contributed by atoms with Crippen LogP contribution in [0.2, 0.25) is 0 Å². The highest BCUT2D eigenvalue weighted by Crippen LogP contribution is 2.37. The summed E-state index contributed by atoms with van der Waals surface area (Å²) in [5.41, 5.74) is 10.3. The summed E-state index contributed by atoms with van der Waals surface area (Å²) in [6, 6.07) is 13.4. The predicted molar refractivity (Wildman–Crippen MR) is 160 cm³/mol. The van der Waals surface area contributed by atoms with Crippen LogP contribution in [-0.4, -0.2) is 46.6 Å². The first-order valence-corrected chi connectivity index (χ1v) is 14.0. The van der Waals surface area contributed by atoms with E-state index in [2.05, 4.69) is 15.4 Å². The van der Waals surface area contributed by atoms with Crippen LogP contribution in [0, 0.1) is 18.6 Å². The number of imidazole rings is 1. The number of halogens is 2. The molecule has 1 amide bonds. The first kappa shape index (κ1) is 27.8. The van der Waals surface area contributed by atoms with Gasteiger partial charge < -0.3 is 16.2 Å². The van der Waals surface area contributed by atoms with Gasteiger partial charge in [-0.3, -0.25) is 14.2 Å². The lowest BCUT2D eigenvalue weighted by atomic mass is 10.0. The number of anilines is 1. The minimum Gasteiger partial charge on any atom is -0.504 e. The molecule has 4 N–H and O–H groups in total. The topological polar surface area (TPSA) is 154 Å². The van der Waals surface area contributed by atoms with Crippen LogP contribution < -0.4 is 11.1 Å². The molecule has 0 aliphatic heterocycles.